The molecule has 0 aliphatic heterocycles. The highest BCUT2D eigenvalue weighted by Gasteiger charge is 2.33. The maximum Gasteiger partial charge on any atom is 0.248 e. The number of benzene rings is 2. The molecule has 1 aromatic heterocycles. The minimum atomic E-state index is -3.78. The first kappa shape index (κ1) is 17.8. The van der Waals surface area contributed by atoms with Crippen molar-refractivity contribution < 1.29 is 12.9 Å². The van der Waals surface area contributed by atoms with Crippen LogP contribution in [-0.2, 0) is 10.0 Å². The minimum absolute atomic E-state index is 0.0722. The Bertz CT molecular complexity index is 971. The summed E-state index contributed by atoms with van der Waals surface area (Å²) in [7, 11) is -2.21. The lowest BCUT2D eigenvalue weighted by Crippen LogP contribution is -2.32. The zero-order valence-corrected chi connectivity index (χ0v) is 16.2. The predicted molar refractivity (Wildman–Crippen MR) is 98.6 cm³/mol. The number of halogens is 1. The second-order valence-corrected chi connectivity index (χ2v) is 8.44. The highest BCUT2D eigenvalue weighted by atomic mass is 79.9. The lowest BCUT2D eigenvalue weighted by atomic mass is 9.99. The molecule has 1 atom stereocenters. The fraction of sp³-hybridized carbons (Fsp3) is 0.167. The Labute approximate surface area is 155 Å². The largest absolute Gasteiger partial charge is 0.363 e. The zero-order chi connectivity index (χ0) is 18.0. The van der Waals surface area contributed by atoms with Crippen LogP contribution in [-0.4, -0.2) is 24.9 Å². The van der Waals surface area contributed by atoms with Gasteiger partial charge in [-0.15, -0.1) is 0 Å². The molecule has 3 rings (SSSR count). The molecule has 7 heteroatoms. The summed E-state index contributed by atoms with van der Waals surface area (Å²) in [6, 6.07) is 16.6. The van der Waals surface area contributed by atoms with Crippen molar-refractivity contribution in [3.05, 3.63) is 82.2 Å². The molecule has 0 spiro atoms. The molecule has 0 aliphatic carbocycles. The summed E-state index contributed by atoms with van der Waals surface area (Å²) in [4.78, 5) is 0.0722. The van der Waals surface area contributed by atoms with Crippen LogP contribution in [0.1, 0.15) is 22.9 Å². The molecule has 130 valence electrons. The van der Waals surface area contributed by atoms with Crippen LogP contribution in [0, 0.1) is 6.92 Å². The molecule has 2 aromatic carbocycles. The normalized spacial score (nSPS) is 13.1. The zero-order valence-electron chi connectivity index (χ0n) is 13.8. The fourth-order valence-corrected chi connectivity index (χ4v) is 4.64. The molecule has 0 fully saturated rings. The Morgan fingerprint density at radius 1 is 1.08 bits per heavy atom. The van der Waals surface area contributed by atoms with Gasteiger partial charge in [0.1, 0.15) is 16.9 Å². The van der Waals surface area contributed by atoms with E-state index in [4.69, 9.17) is 4.52 Å². The molecule has 0 N–H and O–H groups in total. The Morgan fingerprint density at radius 2 is 1.72 bits per heavy atom. The van der Waals surface area contributed by atoms with Crippen LogP contribution in [0.3, 0.4) is 0 Å². The van der Waals surface area contributed by atoms with Gasteiger partial charge in [-0.1, -0.05) is 69.6 Å². The van der Waals surface area contributed by atoms with Crippen molar-refractivity contribution in [3.8, 4) is 0 Å². The molecular formula is C18H17BrN2O3S. The molecule has 5 nitrogen and oxygen atoms in total. The highest BCUT2D eigenvalue weighted by molar-refractivity contribution is 9.10. The number of aryl methyl sites for hydroxylation is 1. The van der Waals surface area contributed by atoms with Crippen LogP contribution >= 0.6 is 15.9 Å². The average Bonchev–Trinajstić information content (AvgIpc) is 3.04. The van der Waals surface area contributed by atoms with E-state index in [1.165, 1.54) is 10.6 Å². The highest BCUT2D eigenvalue weighted by Crippen LogP contribution is 2.36. The van der Waals surface area contributed by atoms with Gasteiger partial charge in [0.05, 0.1) is 6.04 Å². The van der Waals surface area contributed by atoms with E-state index in [0.29, 0.717) is 5.69 Å². The van der Waals surface area contributed by atoms with Gasteiger partial charge in [-0.3, -0.25) is 0 Å². The number of hydrogen-bond acceptors (Lipinski definition) is 4. The lowest BCUT2D eigenvalue weighted by Gasteiger charge is -2.28. The van der Waals surface area contributed by atoms with Crippen LogP contribution in [0.2, 0.25) is 0 Å². The van der Waals surface area contributed by atoms with Gasteiger partial charge in [0, 0.05) is 11.5 Å². The number of sulfonamides is 1. The lowest BCUT2D eigenvalue weighted by molar-refractivity contribution is 0.407. The van der Waals surface area contributed by atoms with Crippen molar-refractivity contribution in [3.63, 3.8) is 0 Å². The Kier molecular flexibility index (Phi) is 5.08. The van der Waals surface area contributed by atoms with Crippen molar-refractivity contribution in [1.29, 1.82) is 0 Å². The molecule has 3 aromatic rings. The summed E-state index contributed by atoms with van der Waals surface area (Å²) in [6.45, 7) is 1.61. The number of nitrogens with zero attached hydrogens (tertiary/aromatic N) is 2. The molecule has 0 radical (unpaired) electrons. The van der Waals surface area contributed by atoms with Crippen molar-refractivity contribution in [2.75, 3.05) is 7.05 Å². The van der Waals surface area contributed by atoms with E-state index in [1.807, 2.05) is 54.6 Å². The van der Waals surface area contributed by atoms with Crippen LogP contribution in [0.4, 0.5) is 0 Å². The second kappa shape index (κ2) is 7.11. The fourth-order valence-electron chi connectivity index (χ4n) is 2.74. The first-order valence-electron chi connectivity index (χ1n) is 7.61. The maximum atomic E-state index is 13.1. The smallest absolute Gasteiger partial charge is 0.248 e. The Hall–Kier alpha value is -1.96. The SMILES string of the molecule is Cc1nocc1S(=O)(=O)N(C)C(c1ccccc1)c1ccccc1Br. The average molecular weight is 421 g/mol. The van der Waals surface area contributed by atoms with Crippen LogP contribution in [0.15, 0.2) is 74.8 Å². The van der Waals surface area contributed by atoms with Gasteiger partial charge in [-0.2, -0.15) is 4.31 Å². The van der Waals surface area contributed by atoms with E-state index >= 15 is 0 Å². The van der Waals surface area contributed by atoms with E-state index in [0.717, 1.165) is 15.6 Å². The van der Waals surface area contributed by atoms with E-state index in [2.05, 4.69) is 21.1 Å². The van der Waals surface area contributed by atoms with Crippen molar-refractivity contribution >= 4 is 26.0 Å². The molecule has 1 heterocycles. The van der Waals surface area contributed by atoms with Crippen molar-refractivity contribution in [2.24, 2.45) is 0 Å². The van der Waals surface area contributed by atoms with Gasteiger partial charge >= 0.3 is 0 Å². The first-order valence-corrected chi connectivity index (χ1v) is 9.84. The van der Waals surface area contributed by atoms with Crippen LogP contribution in [0.5, 0.6) is 0 Å². The summed E-state index contributed by atoms with van der Waals surface area (Å²) < 4.78 is 33.3. The topological polar surface area (TPSA) is 63.4 Å². The van der Waals surface area contributed by atoms with Crippen LogP contribution < -0.4 is 0 Å². The summed E-state index contributed by atoms with van der Waals surface area (Å²) in [5, 5.41) is 3.70. The molecule has 1 unspecified atom stereocenters. The third-order valence-electron chi connectivity index (χ3n) is 4.04. The molecule has 0 bridgehead atoms. The standard InChI is InChI=1S/C18H17BrN2O3S/c1-13-17(12-24-20-13)25(22,23)21(2)18(14-8-4-3-5-9-14)15-10-6-7-11-16(15)19/h3-12,18H,1-2H3. The summed E-state index contributed by atoms with van der Waals surface area (Å²) >= 11 is 3.54. The van der Waals surface area contributed by atoms with Crippen LogP contribution in [0.25, 0.3) is 0 Å². The van der Waals surface area contributed by atoms with E-state index in [1.54, 1.807) is 14.0 Å². The monoisotopic (exact) mass is 420 g/mol. The maximum absolute atomic E-state index is 13.1. The van der Waals surface area contributed by atoms with Crippen molar-refractivity contribution in [1.82, 2.24) is 9.46 Å². The summed E-state index contributed by atoms with van der Waals surface area (Å²) in [5.74, 6) is 0. The van der Waals surface area contributed by atoms with Gasteiger partial charge in [0.25, 0.3) is 0 Å². The van der Waals surface area contributed by atoms with Gasteiger partial charge < -0.3 is 4.52 Å². The van der Waals surface area contributed by atoms with Gasteiger partial charge in [-0.25, -0.2) is 8.42 Å². The van der Waals surface area contributed by atoms with Crippen molar-refractivity contribution in [2.45, 2.75) is 17.9 Å². The summed E-state index contributed by atoms with van der Waals surface area (Å²) in [5.41, 5.74) is 2.06. The van der Waals surface area contributed by atoms with E-state index in [-0.39, 0.29) is 4.90 Å². The molecule has 0 saturated carbocycles. The number of hydrogen-bond donors (Lipinski definition) is 0. The summed E-state index contributed by atoms with van der Waals surface area (Å²) in [6.07, 6.45) is 1.17. The molecule has 0 aliphatic rings. The molecule has 25 heavy (non-hydrogen) atoms. The van der Waals surface area contributed by atoms with Gasteiger partial charge in [-0.05, 0) is 24.1 Å². The minimum Gasteiger partial charge on any atom is -0.363 e. The quantitative estimate of drug-likeness (QED) is 0.621. The second-order valence-electron chi connectivity index (χ2n) is 5.62. The Balaban J connectivity index is 2.16. The number of aromatic nitrogens is 1. The first-order chi connectivity index (χ1) is 11.9. The van der Waals surface area contributed by atoms with E-state index in [9.17, 15) is 8.42 Å². The third kappa shape index (κ3) is 3.40. The Morgan fingerprint density at radius 3 is 2.32 bits per heavy atom. The third-order valence-corrected chi connectivity index (χ3v) is 6.68. The van der Waals surface area contributed by atoms with Gasteiger partial charge in [0.15, 0.2) is 0 Å². The van der Waals surface area contributed by atoms with Gasteiger partial charge in [0.2, 0.25) is 10.0 Å². The molecular weight excluding hydrogens is 404 g/mol. The molecule has 0 saturated heterocycles. The number of rotatable bonds is 5. The molecule has 0 amide bonds. The van der Waals surface area contributed by atoms with E-state index < -0.39 is 16.1 Å². The predicted octanol–water partition coefficient (Wildman–Crippen LogP) is 4.16.